The molecule has 0 heterocycles. The maximum absolute atomic E-state index is 12.6. The lowest BCUT2D eigenvalue weighted by atomic mass is 9.86. The number of rotatable bonds is 5. The van der Waals surface area contributed by atoms with Crippen LogP contribution < -0.4 is 0 Å². The maximum atomic E-state index is 12.6. The van der Waals surface area contributed by atoms with Crippen LogP contribution >= 0.6 is 0 Å². The van der Waals surface area contributed by atoms with Crippen LogP contribution in [-0.4, -0.2) is 16.8 Å². The van der Waals surface area contributed by atoms with Gasteiger partial charge < -0.3 is 4.90 Å². The van der Waals surface area contributed by atoms with Gasteiger partial charge in [-0.05, 0) is 38.2 Å². The first-order chi connectivity index (χ1) is 9.66. The molecule has 0 N–H and O–H groups in total. The standard InChI is InChI=1S/C18H27NO/c1-15(2)19(14-17-11-7-4-8-12-17)18(20)13-16-9-5-3-6-10-16/h4,7-8,11-12,15-16H,3,5-6,9-10,13-14H2,1-2H3. The molecule has 2 heteroatoms. The second-order valence-electron chi connectivity index (χ2n) is 6.31. The molecule has 0 radical (unpaired) electrons. The van der Waals surface area contributed by atoms with Gasteiger partial charge in [-0.3, -0.25) is 4.79 Å². The Labute approximate surface area is 123 Å². The van der Waals surface area contributed by atoms with E-state index >= 15 is 0 Å². The van der Waals surface area contributed by atoms with Crippen molar-refractivity contribution < 1.29 is 4.79 Å². The molecule has 1 aliphatic rings. The summed E-state index contributed by atoms with van der Waals surface area (Å²) in [4.78, 5) is 14.6. The van der Waals surface area contributed by atoms with Crippen LogP contribution in [0.25, 0.3) is 0 Å². The number of amides is 1. The van der Waals surface area contributed by atoms with Crippen LogP contribution in [0, 0.1) is 5.92 Å². The molecule has 0 bridgehead atoms. The van der Waals surface area contributed by atoms with Crippen molar-refractivity contribution >= 4 is 5.91 Å². The minimum absolute atomic E-state index is 0.270. The summed E-state index contributed by atoms with van der Waals surface area (Å²) < 4.78 is 0. The lowest BCUT2D eigenvalue weighted by Gasteiger charge is -2.30. The molecule has 0 aromatic heterocycles. The van der Waals surface area contributed by atoms with Crippen molar-refractivity contribution in [1.29, 1.82) is 0 Å². The Morgan fingerprint density at radius 1 is 1.15 bits per heavy atom. The highest BCUT2D eigenvalue weighted by Crippen LogP contribution is 2.27. The van der Waals surface area contributed by atoms with Gasteiger partial charge in [-0.1, -0.05) is 49.6 Å². The van der Waals surface area contributed by atoms with Gasteiger partial charge in [-0.2, -0.15) is 0 Å². The minimum atomic E-state index is 0.270. The van der Waals surface area contributed by atoms with Crippen LogP contribution in [0.4, 0.5) is 0 Å². The van der Waals surface area contributed by atoms with E-state index in [9.17, 15) is 4.79 Å². The second-order valence-corrected chi connectivity index (χ2v) is 6.31. The molecular formula is C18H27NO. The summed E-state index contributed by atoms with van der Waals surface area (Å²) in [5.74, 6) is 0.948. The van der Waals surface area contributed by atoms with Crippen molar-refractivity contribution in [2.24, 2.45) is 5.92 Å². The van der Waals surface area contributed by atoms with Gasteiger partial charge in [0.1, 0.15) is 0 Å². The maximum Gasteiger partial charge on any atom is 0.223 e. The van der Waals surface area contributed by atoms with Gasteiger partial charge in [0.05, 0.1) is 0 Å². The predicted octanol–water partition coefficient (Wildman–Crippen LogP) is 4.39. The molecule has 1 saturated carbocycles. The quantitative estimate of drug-likeness (QED) is 0.779. The third-order valence-electron chi connectivity index (χ3n) is 4.33. The Hall–Kier alpha value is -1.31. The fraction of sp³-hybridized carbons (Fsp3) is 0.611. The molecule has 1 fully saturated rings. The molecule has 0 atom stereocenters. The Kier molecular flexibility index (Phi) is 5.63. The number of hydrogen-bond donors (Lipinski definition) is 0. The summed E-state index contributed by atoms with van der Waals surface area (Å²) in [5, 5.41) is 0. The highest BCUT2D eigenvalue weighted by Gasteiger charge is 2.22. The van der Waals surface area contributed by atoms with Crippen molar-refractivity contribution in [3.8, 4) is 0 Å². The average Bonchev–Trinajstić information content (AvgIpc) is 2.46. The number of nitrogens with zero attached hydrogens (tertiary/aromatic N) is 1. The Balaban J connectivity index is 1.95. The molecule has 1 aliphatic carbocycles. The van der Waals surface area contributed by atoms with E-state index < -0.39 is 0 Å². The molecular weight excluding hydrogens is 246 g/mol. The zero-order chi connectivity index (χ0) is 14.4. The van der Waals surface area contributed by atoms with Crippen LogP contribution in [0.5, 0.6) is 0 Å². The number of hydrogen-bond acceptors (Lipinski definition) is 1. The Bertz CT molecular complexity index is 407. The van der Waals surface area contributed by atoms with Gasteiger partial charge in [0.2, 0.25) is 5.91 Å². The van der Waals surface area contributed by atoms with Crippen molar-refractivity contribution in [2.45, 2.75) is 65.0 Å². The van der Waals surface area contributed by atoms with Crippen molar-refractivity contribution in [3.05, 3.63) is 35.9 Å². The smallest absolute Gasteiger partial charge is 0.223 e. The third kappa shape index (κ3) is 4.36. The molecule has 0 aliphatic heterocycles. The van der Waals surface area contributed by atoms with E-state index in [0.717, 1.165) is 13.0 Å². The van der Waals surface area contributed by atoms with Crippen LogP contribution in [0.15, 0.2) is 30.3 Å². The van der Waals surface area contributed by atoms with Crippen LogP contribution in [0.1, 0.15) is 57.9 Å². The van der Waals surface area contributed by atoms with Crippen molar-refractivity contribution in [2.75, 3.05) is 0 Å². The predicted molar refractivity (Wildman–Crippen MR) is 83.3 cm³/mol. The first-order valence-corrected chi connectivity index (χ1v) is 8.00. The molecule has 2 rings (SSSR count). The summed E-state index contributed by atoms with van der Waals surface area (Å²) in [6.07, 6.45) is 7.18. The lowest BCUT2D eigenvalue weighted by Crippen LogP contribution is -2.37. The van der Waals surface area contributed by atoms with Gasteiger partial charge >= 0.3 is 0 Å². The molecule has 0 saturated heterocycles. The second kappa shape index (κ2) is 7.47. The van der Waals surface area contributed by atoms with Gasteiger partial charge in [0.25, 0.3) is 0 Å². The first kappa shape index (κ1) is 15.1. The van der Waals surface area contributed by atoms with E-state index in [4.69, 9.17) is 0 Å². The Morgan fingerprint density at radius 3 is 2.40 bits per heavy atom. The molecule has 0 unspecified atom stereocenters. The average molecular weight is 273 g/mol. The van der Waals surface area contributed by atoms with E-state index in [1.807, 2.05) is 23.1 Å². The fourth-order valence-corrected chi connectivity index (χ4v) is 3.09. The third-order valence-corrected chi connectivity index (χ3v) is 4.33. The highest BCUT2D eigenvalue weighted by atomic mass is 16.2. The monoisotopic (exact) mass is 273 g/mol. The number of carbonyl (C=O) groups excluding carboxylic acids is 1. The van der Waals surface area contributed by atoms with E-state index in [-0.39, 0.29) is 6.04 Å². The largest absolute Gasteiger partial charge is 0.336 e. The summed E-state index contributed by atoms with van der Waals surface area (Å²) in [7, 11) is 0. The summed E-state index contributed by atoms with van der Waals surface area (Å²) in [6.45, 7) is 4.97. The van der Waals surface area contributed by atoms with Gasteiger partial charge in [-0.25, -0.2) is 0 Å². The summed E-state index contributed by atoms with van der Waals surface area (Å²) in [5.41, 5.74) is 1.22. The molecule has 1 amide bonds. The van der Waals surface area contributed by atoms with E-state index in [1.165, 1.54) is 37.7 Å². The molecule has 20 heavy (non-hydrogen) atoms. The molecule has 110 valence electrons. The molecule has 0 spiro atoms. The van der Waals surface area contributed by atoms with Crippen molar-refractivity contribution in [1.82, 2.24) is 4.90 Å². The topological polar surface area (TPSA) is 20.3 Å². The van der Waals surface area contributed by atoms with Crippen molar-refractivity contribution in [3.63, 3.8) is 0 Å². The van der Waals surface area contributed by atoms with Crippen LogP contribution in [-0.2, 0) is 11.3 Å². The normalized spacial score (nSPS) is 16.4. The fourth-order valence-electron chi connectivity index (χ4n) is 3.09. The minimum Gasteiger partial charge on any atom is -0.336 e. The Morgan fingerprint density at radius 2 is 1.80 bits per heavy atom. The highest BCUT2D eigenvalue weighted by molar-refractivity contribution is 5.76. The van der Waals surface area contributed by atoms with Gasteiger partial charge in [-0.15, -0.1) is 0 Å². The van der Waals surface area contributed by atoms with E-state index in [0.29, 0.717) is 11.8 Å². The summed E-state index contributed by atoms with van der Waals surface area (Å²) in [6, 6.07) is 10.6. The van der Waals surface area contributed by atoms with Crippen LogP contribution in [0.3, 0.4) is 0 Å². The zero-order valence-electron chi connectivity index (χ0n) is 12.8. The lowest BCUT2D eigenvalue weighted by molar-refractivity contribution is -0.134. The first-order valence-electron chi connectivity index (χ1n) is 8.00. The van der Waals surface area contributed by atoms with E-state index in [1.54, 1.807) is 0 Å². The van der Waals surface area contributed by atoms with E-state index in [2.05, 4.69) is 26.0 Å². The number of benzene rings is 1. The molecule has 1 aromatic rings. The SMILES string of the molecule is CC(C)N(Cc1ccccc1)C(=O)CC1CCCCC1. The molecule has 2 nitrogen and oxygen atoms in total. The van der Waals surface area contributed by atoms with Gasteiger partial charge in [0, 0.05) is 19.0 Å². The molecule has 1 aromatic carbocycles. The summed E-state index contributed by atoms with van der Waals surface area (Å²) >= 11 is 0. The van der Waals surface area contributed by atoms with Gasteiger partial charge in [0.15, 0.2) is 0 Å². The number of carbonyl (C=O) groups is 1. The zero-order valence-corrected chi connectivity index (χ0v) is 12.8. The van der Waals surface area contributed by atoms with Crippen LogP contribution in [0.2, 0.25) is 0 Å².